The smallest absolute Gasteiger partial charge is 0.392 e. The lowest BCUT2D eigenvalue weighted by Crippen LogP contribution is -2.48. The SMILES string of the molecule is Cc1ncc(N2C[C@H]3CC[C@@H](C2)C3Nc2nc3c(OCCC(F)(F)F)cccn3n2)s1. The van der Waals surface area contributed by atoms with E-state index < -0.39 is 19.2 Å². The average molecular weight is 453 g/mol. The number of hydrogen-bond donors (Lipinski definition) is 1. The Bertz CT molecular complexity index is 1050. The van der Waals surface area contributed by atoms with E-state index in [0.29, 0.717) is 29.2 Å². The van der Waals surface area contributed by atoms with Crippen LogP contribution in [0.1, 0.15) is 24.3 Å². The zero-order valence-corrected chi connectivity index (χ0v) is 17.8. The molecule has 2 fully saturated rings. The third-order valence-electron chi connectivity index (χ3n) is 6.02. The number of aryl methyl sites for hydroxylation is 1. The zero-order valence-electron chi connectivity index (χ0n) is 17.0. The van der Waals surface area contributed by atoms with Crippen LogP contribution in [0.5, 0.6) is 5.75 Å². The van der Waals surface area contributed by atoms with Crippen LogP contribution in [0.15, 0.2) is 24.5 Å². The number of piperidine rings is 1. The second kappa shape index (κ2) is 7.85. The minimum absolute atomic E-state index is 0.275. The fourth-order valence-electron chi connectivity index (χ4n) is 4.62. The predicted octanol–water partition coefficient (Wildman–Crippen LogP) is 4.15. The van der Waals surface area contributed by atoms with Crippen molar-refractivity contribution < 1.29 is 17.9 Å². The monoisotopic (exact) mass is 452 g/mol. The Morgan fingerprint density at radius 1 is 1.26 bits per heavy atom. The number of nitrogens with zero attached hydrogens (tertiary/aromatic N) is 5. The summed E-state index contributed by atoms with van der Waals surface area (Å²) in [4.78, 5) is 11.3. The van der Waals surface area contributed by atoms with E-state index in [1.54, 1.807) is 34.2 Å². The van der Waals surface area contributed by atoms with Gasteiger partial charge >= 0.3 is 6.18 Å². The summed E-state index contributed by atoms with van der Waals surface area (Å²) in [6.45, 7) is 3.51. The zero-order chi connectivity index (χ0) is 21.6. The van der Waals surface area contributed by atoms with Crippen LogP contribution in [0.2, 0.25) is 0 Å². The molecule has 2 bridgehead atoms. The van der Waals surface area contributed by atoms with Gasteiger partial charge < -0.3 is 15.0 Å². The van der Waals surface area contributed by atoms with E-state index in [-0.39, 0.29) is 6.04 Å². The minimum Gasteiger partial charge on any atom is -0.489 e. The summed E-state index contributed by atoms with van der Waals surface area (Å²) in [5.74, 6) is 1.74. The molecule has 1 N–H and O–H groups in total. The van der Waals surface area contributed by atoms with Gasteiger partial charge in [0, 0.05) is 25.3 Å². The number of hydrogen-bond acceptors (Lipinski definition) is 7. The van der Waals surface area contributed by atoms with Crippen molar-refractivity contribution in [2.75, 3.05) is 29.9 Å². The molecule has 0 radical (unpaired) electrons. The van der Waals surface area contributed by atoms with Crippen molar-refractivity contribution in [1.82, 2.24) is 19.6 Å². The summed E-state index contributed by atoms with van der Waals surface area (Å²) in [7, 11) is 0. The largest absolute Gasteiger partial charge is 0.489 e. The molecule has 1 aliphatic heterocycles. The van der Waals surface area contributed by atoms with Crippen molar-refractivity contribution in [2.24, 2.45) is 11.8 Å². The number of fused-ring (bicyclic) bond motifs is 3. The number of nitrogens with one attached hydrogen (secondary N) is 1. The van der Waals surface area contributed by atoms with Gasteiger partial charge in [0.25, 0.3) is 0 Å². The van der Waals surface area contributed by atoms with Crippen LogP contribution < -0.4 is 15.0 Å². The van der Waals surface area contributed by atoms with Crippen LogP contribution in [0, 0.1) is 18.8 Å². The van der Waals surface area contributed by atoms with Crippen LogP contribution in [0.3, 0.4) is 0 Å². The first kappa shape index (κ1) is 20.3. The summed E-state index contributed by atoms with van der Waals surface area (Å²) < 4.78 is 44.2. The molecule has 166 valence electrons. The fraction of sp³-hybridized carbons (Fsp3) is 0.550. The highest BCUT2D eigenvalue weighted by molar-refractivity contribution is 7.15. The fourth-order valence-corrected chi connectivity index (χ4v) is 5.41. The summed E-state index contributed by atoms with van der Waals surface area (Å²) >= 11 is 1.73. The van der Waals surface area contributed by atoms with E-state index in [2.05, 4.69) is 25.3 Å². The number of alkyl halides is 3. The van der Waals surface area contributed by atoms with Gasteiger partial charge in [-0.05, 0) is 43.7 Å². The van der Waals surface area contributed by atoms with Crippen molar-refractivity contribution in [3.05, 3.63) is 29.5 Å². The van der Waals surface area contributed by atoms with Crippen molar-refractivity contribution in [3.8, 4) is 5.75 Å². The Kier molecular flexibility index (Phi) is 5.15. The summed E-state index contributed by atoms with van der Waals surface area (Å²) in [6.07, 6.45) is 0.711. The number of thiazole rings is 1. The molecule has 3 aromatic rings. The lowest BCUT2D eigenvalue weighted by atomic mass is 9.92. The summed E-state index contributed by atoms with van der Waals surface area (Å²) in [5, 5.41) is 10.3. The Balaban J connectivity index is 1.28. The molecule has 1 unspecified atom stereocenters. The van der Waals surface area contributed by atoms with E-state index in [1.165, 1.54) is 5.00 Å². The molecule has 4 heterocycles. The van der Waals surface area contributed by atoms with E-state index in [4.69, 9.17) is 4.74 Å². The lowest BCUT2D eigenvalue weighted by Gasteiger charge is -2.38. The van der Waals surface area contributed by atoms with Gasteiger partial charge in [-0.2, -0.15) is 18.2 Å². The first-order valence-corrected chi connectivity index (χ1v) is 11.2. The number of ether oxygens (including phenoxy) is 1. The molecule has 2 aliphatic rings. The van der Waals surface area contributed by atoms with Gasteiger partial charge in [0.1, 0.15) is 5.00 Å². The van der Waals surface area contributed by atoms with E-state index in [0.717, 1.165) is 30.9 Å². The van der Waals surface area contributed by atoms with Crippen LogP contribution in [-0.2, 0) is 0 Å². The standard InChI is InChI=1S/C20H23F3N6OS/c1-12-24-9-16(31-12)28-10-13-4-5-14(11-28)17(13)25-19-26-18-15(3-2-7-29(18)27-19)30-8-6-20(21,22)23/h2-3,7,9,13-14,17H,4-6,8,10-11H2,1H3,(H,25,27)/t13-,14+,17?. The van der Waals surface area contributed by atoms with Crippen molar-refractivity contribution in [2.45, 2.75) is 38.4 Å². The predicted molar refractivity (Wildman–Crippen MR) is 112 cm³/mol. The number of rotatable bonds is 6. The lowest BCUT2D eigenvalue weighted by molar-refractivity contribution is -0.139. The highest BCUT2D eigenvalue weighted by Gasteiger charge is 2.43. The Morgan fingerprint density at radius 2 is 2.03 bits per heavy atom. The maximum Gasteiger partial charge on any atom is 0.392 e. The van der Waals surface area contributed by atoms with Gasteiger partial charge in [0.2, 0.25) is 5.95 Å². The molecular formula is C20H23F3N6OS. The van der Waals surface area contributed by atoms with Gasteiger partial charge in [0.15, 0.2) is 11.4 Å². The first-order chi connectivity index (χ1) is 14.9. The molecule has 3 atom stereocenters. The van der Waals surface area contributed by atoms with Gasteiger partial charge in [0.05, 0.1) is 24.2 Å². The van der Waals surface area contributed by atoms with Gasteiger partial charge in [-0.25, -0.2) is 9.50 Å². The molecule has 1 saturated heterocycles. The molecule has 1 saturated carbocycles. The van der Waals surface area contributed by atoms with Gasteiger partial charge in [-0.3, -0.25) is 0 Å². The van der Waals surface area contributed by atoms with Crippen LogP contribution in [-0.4, -0.2) is 51.5 Å². The Labute approximate surface area is 181 Å². The quantitative estimate of drug-likeness (QED) is 0.606. The Morgan fingerprint density at radius 3 is 2.71 bits per heavy atom. The highest BCUT2D eigenvalue weighted by Crippen LogP contribution is 2.41. The number of pyridine rings is 1. The molecule has 31 heavy (non-hydrogen) atoms. The molecule has 1 aliphatic carbocycles. The molecule has 0 spiro atoms. The average Bonchev–Trinajstić information content (AvgIpc) is 3.37. The summed E-state index contributed by atoms with van der Waals surface area (Å²) in [5.41, 5.74) is 0.414. The maximum absolute atomic E-state index is 12.4. The second-order valence-electron chi connectivity index (χ2n) is 8.18. The second-order valence-corrected chi connectivity index (χ2v) is 9.39. The molecule has 0 aromatic carbocycles. The minimum atomic E-state index is -4.25. The summed E-state index contributed by atoms with van der Waals surface area (Å²) in [6, 6.07) is 3.58. The molecule has 0 amide bonds. The highest BCUT2D eigenvalue weighted by atomic mass is 32.1. The van der Waals surface area contributed by atoms with Crippen molar-refractivity contribution in [1.29, 1.82) is 0 Å². The van der Waals surface area contributed by atoms with Crippen LogP contribution in [0.4, 0.5) is 24.1 Å². The number of aromatic nitrogens is 4. The van der Waals surface area contributed by atoms with E-state index >= 15 is 0 Å². The van der Waals surface area contributed by atoms with Crippen LogP contribution >= 0.6 is 11.3 Å². The van der Waals surface area contributed by atoms with E-state index in [9.17, 15) is 13.2 Å². The van der Waals surface area contributed by atoms with Crippen molar-refractivity contribution in [3.63, 3.8) is 0 Å². The molecule has 11 heteroatoms. The molecule has 5 rings (SSSR count). The number of anilines is 2. The third kappa shape index (κ3) is 4.28. The third-order valence-corrected chi connectivity index (χ3v) is 6.99. The topological polar surface area (TPSA) is 67.6 Å². The van der Waals surface area contributed by atoms with E-state index in [1.807, 2.05) is 13.1 Å². The van der Waals surface area contributed by atoms with Crippen LogP contribution in [0.25, 0.3) is 5.65 Å². The molecular weight excluding hydrogens is 429 g/mol. The maximum atomic E-state index is 12.4. The Hall–Kier alpha value is -2.56. The first-order valence-electron chi connectivity index (χ1n) is 10.3. The molecule has 3 aromatic heterocycles. The van der Waals surface area contributed by atoms with Crippen molar-refractivity contribution >= 4 is 27.9 Å². The normalized spacial score (nSPS) is 23.5. The molecule has 7 nitrogen and oxygen atoms in total. The van der Waals surface area contributed by atoms with Gasteiger partial charge in [-0.1, -0.05) is 0 Å². The van der Waals surface area contributed by atoms with Gasteiger partial charge in [-0.15, -0.1) is 16.4 Å². The number of halogens is 3.